The molecule has 5 nitrogen and oxygen atoms in total. The summed E-state index contributed by atoms with van der Waals surface area (Å²) in [4.78, 5) is 22.6. The number of rotatable bonds is 7. The number of allylic oxidation sites excluding steroid dienone is 2. The van der Waals surface area contributed by atoms with E-state index in [0.717, 1.165) is 17.4 Å². The van der Waals surface area contributed by atoms with Gasteiger partial charge in [-0.3, -0.25) is 0 Å². The molecule has 0 fully saturated rings. The summed E-state index contributed by atoms with van der Waals surface area (Å²) in [6.45, 7) is 10.7. The van der Waals surface area contributed by atoms with Crippen LogP contribution in [-0.2, 0) is 4.79 Å². The number of hydrogen-bond donors (Lipinski definition) is 0. The van der Waals surface area contributed by atoms with Crippen molar-refractivity contribution in [3.05, 3.63) is 64.6 Å². The van der Waals surface area contributed by atoms with Crippen LogP contribution in [0.15, 0.2) is 63.3 Å². The fourth-order valence-electron chi connectivity index (χ4n) is 4.59. The number of ether oxygens (including phenoxy) is 1. The van der Waals surface area contributed by atoms with E-state index in [1.165, 1.54) is 11.6 Å². The Kier molecular flexibility index (Phi) is 5.96. The number of benzene rings is 1. The van der Waals surface area contributed by atoms with Gasteiger partial charge in [-0.1, -0.05) is 30.7 Å². The van der Waals surface area contributed by atoms with Crippen molar-refractivity contribution in [1.29, 1.82) is 0 Å². The molecular weight excluding hydrogens is 368 g/mol. The Morgan fingerprint density at radius 2 is 2.07 bits per heavy atom. The van der Waals surface area contributed by atoms with Gasteiger partial charge in [-0.2, -0.15) is 0 Å². The summed E-state index contributed by atoms with van der Waals surface area (Å²) in [5.74, 6) is -0.216. The lowest BCUT2D eigenvalue weighted by molar-refractivity contribution is -0.306. The van der Waals surface area contributed by atoms with E-state index in [-0.39, 0.29) is 23.7 Å². The molecule has 3 rings (SSSR count). The minimum Gasteiger partial charge on any atom is -0.550 e. The van der Waals surface area contributed by atoms with Crippen LogP contribution in [0.1, 0.15) is 40.0 Å². The van der Waals surface area contributed by atoms with Gasteiger partial charge in [-0.05, 0) is 62.6 Å². The van der Waals surface area contributed by atoms with E-state index in [1.54, 1.807) is 12.1 Å². The largest absolute Gasteiger partial charge is 0.550 e. The Morgan fingerprint density at radius 3 is 2.76 bits per heavy atom. The maximum Gasteiger partial charge on any atom is 0.336 e. The number of aliphatic carboxylic acids is 1. The zero-order chi connectivity index (χ0) is 21.2. The number of hydrogen-bond acceptors (Lipinski definition) is 5. The van der Waals surface area contributed by atoms with Crippen LogP contribution in [0.2, 0.25) is 0 Å². The summed E-state index contributed by atoms with van der Waals surface area (Å²) in [7, 11) is 0. The highest BCUT2D eigenvalue weighted by molar-refractivity contribution is 5.77. The van der Waals surface area contributed by atoms with E-state index in [1.807, 2.05) is 19.1 Å². The van der Waals surface area contributed by atoms with Crippen molar-refractivity contribution >= 4 is 16.9 Å². The van der Waals surface area contributed by atoms with Crippen LogP contribution in [0.3, 0.4) is 0 Å². The van der Waals surface area contributed by atoms with E-state index in [9.17, 15) is 14.7 Å². The summed E-state index contributed by atoms with van der Waals surface area (Å²) in [5.41, 5.74) is 2.02. The molecule has 0 spiro atoms. The van der Waals surface area contributed by atoms with Crippen molar-refractivity contribution in [2.24, 2.45) is 17.3 Å². The van der Waals surface area contributed by atoms with Crippen LogP contribution < -0.4 is 15.5 Å². The van der Waals surface area contributed by atoms with E-state index in [2.05, 4.69) is 26.5 Å². The first-order valence-corrected chi connectivity index (χ1v) is 9.89. The average Bonchev–Trinajstić information content (AvgIpc) is 2.65. The smallest absolute Gasteiger partial charge is 0.336 e. The van der Waals surface area contributed by atoms with Gasteiger partial charge in [0, 0.05) is 29.4 Å². The molecule has 1 aromatic carbocycles. The van der Waals surface area contributed by atoms with Crippen molar-refractivity contribution < 1.29 is 19.1 Å². The van der Waals surface area contributed by atoms with Crippen molar-refractivity contribution in [3.63, 3.8) is 0 Å². The van der Waals surface area contributed by atoms with Crippen molar-refractivity contribution in [2.75, 3.05) is 6.61 Å². The number of carbonyl (C=O) groups excluding carboxylic acids is 1. The Labute approximate surface area is 170 Å². The van der Waals surface area contributed by atoms with E-state index < -0.39 is 11.6 Å². The number of carboxylic acids is 1. The fourth-order valence-corrected chi connectivity index (χ4v) is 4.59. The zero-order valence-electron chi connectivity index (χ0n) is 17.2. The van der Waals surface area contributed by atoms with E-state index >= 15 is 0 Å². The molecule has 0 amide bonds. The van der Waals surface area contributed by atoms with Gasteiger partial charge >= 0.3 is 5.63 Å². The van der Waals surface area contributed by atoms with Gasteiger partial charge in [0.25, 0.3) is 0 Å². The number of fused-ring (bicyclic) bond motifs is 1. The Bertz CT molecular complexity index is 1020. The summed E-state index contributed by atoms with van der Waals surface area (Å²) in [6, 6.07) is 8.52. The summed E-state index contributed by atoms with van der Waals surface area (Å²) >= 11 is 0. The normalized spacial score (nSPS) is 24.2. The molecular formula is C24H27O5-. The molecule has 154 valence electrons. The van der Waals surface area contributed by atoms with Crippen LogP contribution in [0.4, 0.5) is 0 Å². The Balaban J connectivity index is 1.86. The SMILES string of the molecule is C=C(C)[C@@H]1CC=C(C)[C@H](COc2ccc3ccc(=O)oc3c2)[C@@]1(C)CCC(=O)[O-]. The average molecular weight is 395 g/mol. The zero-order valence-corrected chi connectivity index (χ0v) is 17.2. The number of carboxylic acid groups (broad SMARTS) is 1. The van der Waals surface area contributed by atoms with Gasteiger partial charge in [-0.15, -0.1) is 0 Å². The number of carbonyl (C=O) groups is 1. The monoisotopic (exact) mass is 395 g/mol. The van der Waals surface area contributed by atoms with Crippen molar-refractivity contribution in [3.8, 4) is 5.75 Å². The molecule has 0 radical (unpaired) electrons. The third-order valence-electron chi connectivity index (χ3n) is 6.29. The van der Waals surface area contributed by atoms with Crippen molar-refractivity contribution in [2.45, 2.75) is 40.0 Å². The molecule has 3 atom stereocenters. The lowest BCUT2D eigenvalue weighted by Gasteiger charge is -2.48. The standard InChI is InChI=1S/C24H28O5/c1-15(2)19-9-5-16(3)20(24(19,4)12-11-22(25)26)14-28-18-8-6-17-7-10-23(27)29-21(17)13-18/h5-8,10,13,19-20H,1,9,11-12,14H2,2-4H3,(H,25,26)/p-1/t19-,20-,24-/m0/s1. The second-order valence-electron chi connectivity index (χ2n) is 8.28. The molecule has 0 saturated carbocycles. The van der Waals surface area contributed by atoms with E-state index in [4.69, 9.17) is 9.15 Å². The van der Waals surface area contributed by atoms with Gasteiger partial charge in [0.1, 0.15) is 11.3 Å². The quantitative estimate of drug-likeness (QED) is 0.525. The van der Waals surface area contributed by atoms with Crippen LogP contribution >= 0.6 is 0 Å². The second-order valence-corrected chi connectivity index (χ2v) is 8.28. The molecule has 0 unspecified atom stereocenters. The van der Waals surface area contributed by atoms with Gasteiger partial charge in [0.2, 0.25) is 0 Å². The summed E-state index contributed by atoms with van der Waals surface area (Å²) < 4.78 is 11.3. The maximum absolute atomic E-state index is 11.5. The molecule has 0 N–H and O–H groups in total. The third kappa shape index (κ3) is 4.44. The van der Waals surface area contributed by atoms with Crippen LogP contribution in [0, 0.1) is 17.3 Å². The molecule has 2 aromatic rings. The second kappa shape index (κ2) is 8.27. The third-order valence-corrected chi connectivity index (χ3v) is 6.29. The first kappa shape index (κ1) is 20.9. The first-order valence-electron chi connectivity index (χ1n) is 9.89. The summed E-state index contributed by atoms with van der Waals surface area (Å²) in [5, 5.41) is 12.0. The molecule has 0 bridgehead atoms. The fraction of sp³-hybridized carbons (Fsp3) is 0.417. The highest BCUT2D eigenvalue weighted by Crippen LogP contribution is 2.51. The van der Waals surface area contributed by atoms with Gasteiger partial charge in [0.05, 0.1) is 6.61 Å². The van der Waals surface area contributed by atoms with Gasteiger partial charge in [0.15, 0.2) is 0 Å². The molecule has 5 heteroatoms. The molecule has 1 aromatic heterocycles. The predicted molar refractivity (Wildman–Crippen MR) is 110 cm³/mol. The minimum absolute atomic E-state index is 0.00515. The van der Waals surface area contributed by atoms with Crippen LogP contribution in [0.5, 0.6) is 5.75 Å². The molecule has 1 heterocycles. The highest BCUT2D eigenvalue weighted by atomic mass is 16.5. The molecule has 1 aliphatic carbocycles. The van der Waals surface area contributed by atoms with Crippen LogP contribution in [-0.4, -0.2) is 12.6 Å². The predicted octanol–water partition coefficient (Wildman–Crippen LogP) is 3.87. The molecule has 1 aliphatic rings. The van der Waals surface area contributed by atoms with Crippen LogP contribution in [0.25, 0.3) is 11.0 Å². The molecule has 0 saturated heterocycles. The molecule has 29 heavy (non-hydrogen) atoms. The summed E-state index contributed by atoms with van der Waals surface area (Å²) in [6.07, 6.45) is 3.56. The topological polar surface area (TPSA) is 79.6 Å². The molecule has 0 aliphatic heterocycles. The Hall–Kier alpha value is -2.82. The lowest BCUT2D eigenvalue weighted by atomic mass is 9.58. The van der Waals surface area contributed by atoms with Gasteiger partial charge in [-0.25, -0.2) is 4.79 Å². The van der Waals surface area contributed by atoms with E-state index in [0.29, 0.717) is 24.4 Å². The lowest BCUT2D eigenvalue weighted by Crippen LogP contribution is -2.43. The van der Waals surface area contributed by atoms with Gasteiger partial charge < -0.3 is 19.1 Å². The van der Waals surface area contributed by atoms with Crippen molar-refractivity contribution in [1.82, 2.24) is 0 Å². The Morgan fingerprint density at radius 1 is 1.34 bits per heavy atom. The maximum atomic E-state index is 11.5. The minimum atomic E-state index is -1.04. The highest BCUT2D eigenvalue weighted by Gasteiger charge is 2.44. The first-order chi connectivity index (χ1) is 13.7.